The third-order valence-electron chi connectivity index (χ3n) is 4.36. The van der Waals surface area contributed by atoms with Crippen molar-refractivity contribution >= 4 is 28.3 Å². The lowest BCUT2D eigenvalue weighted by Gasteiger charge is -2.10. The van der Waals surface area contributed by atoms with Crippen LogP contribution in [0.25, 0.3) is 11.0 Å². The number of furan rings is 1. The number of nitrogens with one attached hydrogen (secondary N) is 2. The topological polar surface area (TPSA) is 96.6 Å². The van der Waals surface area contributed by atoms with Gasteiger partial charge in [-0.1, -0.05) is 6.07 Å². The van der Waals surface area contributed by atoms with Crippen molar-refractivity contribution in [3.8, 4) is 0 Å². The van der Waals surface area contributed by atoms with E-state index >= 15 is 0 Å². The summed E-state index contributed by atoms with van der Waals surface area (Å²) in [5, 5.41) is 12.2. The predicted octanol–water partition coefficient (Wildman–Crippen LogP) is 3.24. The first-order valence-corrected chi connectivity index (χ1v) is 8.63. The molecule has 3 aromatic rings. The second-order valence-electron chi connectivity index (χ2n) is 6.32. The van der Waals surface area contributed by atoms with E-state index < -0.39 is 11.7 Å². The third-order valence-corrected chi connectivity index (χ3v) is 4.36. The van der Waals surface area contributed by atoms with E-state index in [0.29, 0.717) is 22.6 Å². The number of pyridine rings is 1. The number of nitrogens with zero attached hydrogens (tertiary/aromatic N) is 1. The minimum Gasteiger partial charge on any atom is -0.448 e. The molecule has 1 aliphatic carbocycles. The van der Waals surface area contributed by atoms with Crippen LogP contribution in [0.1, 0.15) is 34.9 Å². The van der Waals surface area contributed by atoms with E-state index in [0.717, 1.165) is 18.4 Å². The molecule has 1 amide bonds. The van der Waals surface area contributed by atoms with Crippen molar-refractivity contribution in [2.75, 3.05) is 18.5 Å². The van der Waals surface area contributed by atoms with Gasteiger partial charge in [0.1, 0.15) is 17.1 Å². The van der Waals surface area contributed by atoms with Gasteiger partial charge < -0.3 is 14.8 Å². The Balaban J connectivity index is 1.67. The zero-order valence-corrected chi connectivity index (χ0v) is 14.4. The molecule has 1 fully saturated rings. The highest BCUT2D eigenvalue weighted by atomic mass is 19.1. The highest BCUT2D eigenvalue weighted by Gasteiger charge is 2.25. The van der Waals surface area contributed by atoms with Gasteiger partial charge in [0.2, 0.25) is 5.76 Å². The highest BCUT2D eigenvalue weighted by Crippen LogP contribution is 2.41. The predicted molar refractivity (Wildman–Crippen MR) is 96.2 cm³/mol. The molecule has 0 spiro atoms. The van der Waals surface area contributed by atoms with Crippen LogP contribution < -0.4 is 10.8 Å². The number of carbonyl (C=O) groups is 1. The molecule has 4 rings (SSSR count). The Labute approximate surface area is 154 Å². The third kappa shape index (κ3) is 3.62. The van der Waals surface area contributed by atoms with E-state index in [1.165, 1.54) is 18.5 Å². The van der Waals surface area contributed by atoms with E-state index in [4.69, 9.17) is 14.4 Å². The van der Waals surface area contributed by atoms with Crippen molar-refractivity contribution in [3.05, 3.63) is 53.8 Å². The summed E-state index contributed by atoms with van der Waals surface area (Å²) >= 11 is 0. The molecular weight excluding hydrogens is 353 g/mol. The molecule has 140 valence electrons. The molecule has 0 radical (unpaired) electrons. The van der Waals surface area contributed by atoms with Gasteiger partial charge in [-0.2, -0.15) is 0 Å². The van der Waals surface area contributed by atoms with Gasteiger partial charge in [-0.05, 0) is 42.5 Å². The first-order chi connectivity index (χ1) is 13.2. The molecule has 0 aliphatic heterocycles. The van der Waals surface area contributed by atoms with E-state index in [9.17, 15) is 9.18 Å². The van der Waals surface area contributed by atoms with Gasteiger partial charge in [0.15, 0.2) is 0 Å². The number of halogens is 1. The fraction of sp³-hybridized carbons (Fsp3) is 0.263. The maximum atomic E-state index is 14.5. The Bertz CT molecular complexity index is 984. The second kappa shape index (κ2) is 7.34. The first-order valence-electron chi connectivity index (χ1n) is 8.63. The van der Waals surface area contributed by atoms with Gasteiger partial charge in [-0.15, -0.1) is 0 Å². The Kier molecular flexibility index (Phi) is 4.74. The zero-order valence-electron chi connectivity index (χ0n) is 14.4. The van der Waals surface area contributed by atoms with Crippen LogP contribution in [-0.2, 0) is 4.84 Å². The van der Waals surface area contributed by atoms with Crippen LogP contribution in [0, 0.1) is 5.82 Å². The molecule has 0 saturated heterocycles. The Morgan fingerprint density at radius 2 is 2.22 bits per heavy atom. The van der Waals surface area contributed by atoms with Crippen LogP contribution in [0.2, 0.25) is 0 Å². The van der Waals surface area contributed by atoms with Crippen molar-refractivity contribution in [2.45, 2.75) is 18.8 Å². The first kappa shape index (κ1) is 17.4. The van der Waals surface area contributed by atoms with Crippen LogP contribution in [0.3, 0.4) is 0 Å². The summed E-state index contributed by atoms with van der Waals surface area (Å²) in [6.07, 6.45) is 5.23. The normalized spacial score (nSPS) is 13.7. The summed E-state index contributed by atoms with van der Waals surface area (Å²) in [4.78, 5) is 21.3. The van der Waals surface area contributed by atoms with Gasteiger partial charge in [0, 0.05) is 12.4 Å². The monoisotopic (exact) mass is 371 g/mol. The fourth-order valence-corrected chi connectivity index (χ4v) is 2.87. The van der Waals surface area contributed by atoms with E-state index in [2.05, 4.69) is 15.8 Å². The largest absolute Gasteiger partial charge is 0.448 e. The summed E-state index contributed by atoms with van der Waals surface area (Å²) in [6, 6.07) is 6.67. The van der Waals surface area contributed by atoms with Crippen LogP contribution in [0.15, 0.2) is 41.1 Å². The lowest BCUT2D eigenvalue weighted by atomic mass is 10.1. The minimum atomic E-state index is -0.655. The second-order valence-corrected chi connectivity index (χ2v) is 6.32. The summed E-state index contributed by atoms with van der Waals surface area (Å²) in [6.45, 7) is -0.304. The summed E-state index contributed by atoms with van der Waals surface area (Å²) in [5.41, 5.74) is 4.12. The smallest absolute Gasteiger partial charge is 0.312 e. The number of aliphatic hydroxyl groups is 1. The van der Waals surface area contributed by atoms with Crippen molar-refractivity contribution in [3.63, 3.8) is 0 Å². The maximum absolute atomic E-state index is 14.5. The van der Waals surface area contributed by atoms with E-state index in [-0.39, 0.29) is 24.7 Å². The van der Waals surface area contributed by atoms with Crippen molar-refractivity contribution in [2.24, 2.45) is 0 Å². The molecule has 3 N–H and O–H groups in total. The number of aromatic nitrogens is 1. The number of anilines is 2. The molecule has 7 nitrogen and oxygen atoms in total. The Hall–Kier alpha value is -2.97. The molecule has 8 heteroatoms. The standard InChI is InChI=1S/C19H18FN3O4/c20-14-9-12(11-1-2-11)3-4-15(14)22-17-13-10-21-6-5-16(13)27-18(17)19(25)23-26-8-7-24/h3-6,9-11,22,24H,1-2,7-8H2,(H,23,25). The van der Waals surface area contributed by atoms with Gasteiger partial charge in [-0.3, -0.25) is 14.6 Å². The van der Waals surface area contributed by atoms with Crippen LogP contribution >= 0.6 is 0 Å². The number of rotatable bonds is 7. The van der Waals surface area contributed by atoms with Crippen molar-refractivity contribution < 1.29 is 23.5 Å². The van der Waals surface area contributed by atoms with Crippen molar-refractivity contribution in [1.82, 2.24) is 10.5 Å². The van der Waals surface area contributed by atoms with Gasteiger partial charge in [0.25, 0.3) is 0 Å². The number of aliphatic hydroxyl groups excluding tert-OH is 1. The number of fused-ring (bicyclic) bond motifs is 1. The molecule has 0 bridgehead atoms. The van der Waals surface area contributed by atoms with Crippen molar-refractivity contribution in [1.29, 1.82) is 0 Å². The molecule has 2 aromatic heterocycles. The summed E-state index contributed by atoms with van der Waals surface area (Å²) in [7, 11) is 0. The lowest BCUT2D eigenvalue weighted by molar-refractivity contribution is 0.0152. The van der Waals surface area contributed by atoms with Gasteiger partial charge in [-0.25, -0.2) is 9.87 Å². The van der Waals surface area contributed by atoms with Crippen LogP contribution in [0.4, 0.5) is 15.8 Å². The maximum Gasteiger partial charge on any atom is 0.312 e. The van der Waals surface area contributed by atoms with Gasteiger partial charge in [0.05, 0.1) is 24.3 Å². The molecule has 0 unspecified atom stereocenters. The molecule has 1 aliphatic rings. The summed E-state index contributed by atoms with van der Waals surface area (Å²) < 4.78 is 20.1. The Morgan fingerprint density at radius 1 is 1.37 bits per heavy atom. The Morgan fingerprint density at radius 3 is 2.96 bits per heavy atom. The van der Waals surface area contributed by atoms with E-state index in [1.54, 1.807) is 12.1 Å². The average Bonchev–Trinajstić information content (AvgIpc) is 3.46. The zero-order chi connectivity index (χ0) is 18.8. The molecule has 1 aromatic carbocycles. The molecule has 2 heterocycles. The number of hydrogen-bond acceptors (Lipinski definition) is 6. The lowest BCUT2D eigenvalue weighted by Crippen LogP contribution is -2.25. The fourth-order valence-electron chi connectivity index (χ4n) is 2.87. The SMILES string of the molecule is O=C(NOCCO)c1oc2ccncc2c1Nc1ccc(C2CC2)cc1F. The number of amides is 1. The molecular formula is C19H18FN3O4. The average molecular weight is 371 g/mol. The number of hydroxylamine groups is 1. The number of benzene rings is 1. The van der Waals surface area contributed by atoms with Crippen LogP contribution in [-0.4, -0.2) is 29.2 Å². The number of hydrogen-bond donors (Lipinski definition) is 3. The minimum absolute atomic E-state index is 0.0620. The quantitative estimate of drug-likeness (QED) is 0.436. The summed E-state index contributed by atoms with van der Waals surface area (Å²) in [5.74, 6) is -0.684. The highest BCUT2D eigenvalue weighted by molar-refractivity contribution is 6.06. The number of carbonyl (C=O) groups excluding carboxylic acids is 1. The van der Waals surface area contributed by atoms with Crippen LogP contribution in [0.5, 0.6) is 0 Å². The van der Waals surface area contributed by atoms with Gasteiger partial charge >= 0.3 is 5.91 Å². The molecule has 0 atom stereocenters. The molecule has 1 saturated carbocycles. The van der Waals surface area contributed by atoms with E-state index in [1.807, 2.05) is 6.07 Å². The molecule has 27 heavy (non-hydrogen) atoms.